The van der Waals surface area contributed by atoms with Crippen LogP contribution >= 0.6 is 11.3 Å². The number of aromatic nitrogens is 1. The maximum absolute atomic E-state index is 12.2. The normalized spacial score (nSPS) is 12.4. The minimum Gasteiger partial charge on any atom is -0.472 e. The van der Waals surface area contributed by atoms with E-state index >= 15 is 0 Å². The Labute approximate surface area is 120 Å². The lowest BCUT2D eigenvalue weighted by molar-refractivity contribution is 0.0940. The Hall–Kier alpha value is -2.14. The van der Waals surface area contributed by atoms with Gasteiger partial charge in [0.05, 0.1) is 28.3 Å². The Bertz CT molecular complexity index is 718. The summed E-state index contributed by atoms with van der Waals surface area (Å²) in [6.07, 6.45) is 4.10. The van der Waals surface area contributed by atoms with Gasteiger partial charge in [0.2, 0.25) is 0 Å². The van der Waals surface area contributed by atoms with E-state index in [0.717, 1.165) is 22.2 Å². The summed E-state index contributed by atoms with van der Waals surface area (Å²) in [6, 6.07) is 7.53. The Morgan fingerprint density at radius 2 is 2.35 bits per heavy atom. The van der Waals surface area contributed by atoms with Crippen LogP contribution in [0.4, 0.5) is 0 Å². The second-order valence-electron chi connectivity index (χ2n) is 4.75. The van der Waals surface area contributed by atoms with Crippen LogP contribution in [0, 0.1) is 0 Å². The van der Waals surface area contributed by atoms with Crippen LogP contribution in [0.1, 0.15) is 22.8 Å². The first kappa shape index (κ1) is 12.9. The molecular weight excluding hydrogens is 272 g/mol. The van der Waals surface area contributed by atoms with Gasteiger partial charge in [0.15, 0.2) is 0 Å². The third kappa shape index (κ3) is 2.72. The molecule has 3 rings (SSSR count). The molecule has 5 heteroatoms. The third-order valence-electron chi connectivity index (χ3n) is 3.09. The number of amides is 1. The molecule has 1 unspecified atom stereocenters. The maximum atomic E-state index is 12.2. The minimum absolute atomic E-state index is 0.0530. The number of nitrogens with one attached hydrogen (secondary N) is 1. The Kier molecular flexibility index (Phi) is 3.52. The van der Waals surface area contributed by atoms with Gasteiger partial charge in [-0.3, -0.25) is 4.79 Å². The highest BCUT2D eigenvalue weighted by Crippen LogP contribution is 2.19. The Balaban J connectivity index is 1.68. The number of fused-ring (bicyclic) bond motifs is 1. The molecule has 20 heavy (non-hydrogen) atoms. The van der Waals surface area contributed by atoms with Gasteiger partial charge in [-0.25, -0.2) is 4.98 Å². The molecule has 4 nitrogen and oxygen atoms in total. The van der Waals surface area contributed by atoms with E-state index in [2.05, 4.69) is 10.3 Å². The molecule has 0 saturated carbocycles. The van der Waals surface area contributed by atoms with Gasteiger partial charge >= 0.3 is 0 Å². The van der Waals surface area contributed by atoms with Crippen LogP contribution in [0.2, 0.25) is 0 Å². The molecule has 102 valence electrons. The quantitative estimate of drug-likeness (QED) is 0.801. The molecule has 0 saturated heterocycles. The van der Waals surface area contributed by atoms with Crippen molar-refractivity contribution >= 4 is 27.5 Å². The minimum atomic E-state index is -0.0590. The van der Waals surface area contributed by atoms with Crippen molar-refractivity contribution in [2.45, 2.75) is 19.4 Å². The number of thiazole rings is 1. The number of carbonyl (C=O) groups excluding carboxylic acids is 1. The number of carbonyl (C=O) groups is 1. The highest BCUT2D eigenvalue weighted by molar-refractivity contribution is 7.16. The molecule has 2 heterocycles. The number of hydrogen-bond acceptors (Lipinski definition) is 4. The topological polar surface area (TPSA) is 55.1 Å². The number of benzene rings is 1. The molecule has 0 aliphatic carbocycles. The van der Waals surface area contributed by atoms with Crippen LogP contribution in [0.15, 0.2) is 46.7 Å². The Morgan fingerprint density at radius 1 is 1.45 bits per heavy atom. The van der Waals surface area contributed by atoms with Crippen molar-refractivity contribution in [3.8, 4) is 0 Å². The lowest BCUT2D eigenvalue weighted by atomic mass is 10.1. The fourth-order valence-electron chi connectivity index (χ4n) is 2.12. The molecule has 0 fully saturated rings. The summed E-state index contributed by atoms with van der Waals surface area (Å²) < 4.78 is 6.05. The molecule has 2 aromatic heterocycles. The molecule has 1 aromatic carbocycles. The lowest BCUT2D eigenvalue weighted by Gasteiger charge is -2.12. The smallest absolute Gasteiger partial charge is 0.251 e. The predicted molar refractivity (Wildman–Crippen MR) is 79.0 cm³/mol. The van der Waals surface area contributed by atoms with Crippen LogP contribution in [0.25, 0.3) is 10.2 Å². The number of furan rings is 1. The van der Waals surface area contributed by atoms with E-state index < -0.39 is 0 Å². The van der Waals surface area contributed by atoms with Crippen molar-refractivity contribution < 1.29 is 9.21 Å². The van der Waals surface area contributed by atoms with E-state index in [1.807, 2.05) is 31.2 Å². The molecular formula is C15H14N2O2S. The van der Waals surface area contributed by atoms with Gasteiger partial charge in [0.25, 0.3) is 5.91 Å². The van der Waals surface area contributed by atoms with Crippen molar-refractivity contribution in [2.24, 2.45) is 0 Å². The first-order chi connectivity index (χ1) is 9.72. The second kappa shape index (κ2) is 5.46. The van der Waals surface area contributed by atoms with E-state index in [4.69, 9.17) is 4.42 Å². The summed E-state index contributed by atoms with van der Waals surface area (Å²) >= 11 is 1.54. The van der Waals surface area contributed by atoms with Crippen molar-refractivity contribution in [3.63, 3.8) is 0 Å². The third-order valence-corrected chi connectivity index (χ3v) is 3.88. The van der Waals surface area contributed by atoms with E-state index in [0.29, 0.717) is 5.56 Å². The fourth-order valence-corrected chi connectivity index (χ4v) is 2.83. The molecule has 3 aromatic rings. The first-order valence-electron chi connectivity index (χ1n) is 6.37. The summed E-state index contributed by atoms with van der Waals surface area (Å²) in [4.78, 5) is 16.4. The molecule has 0 aliphatic heterocycles. The van der Waals surface area contributed by atoms with Crippen molar-refractivity contribution in [2.75, 3.05) is 0 Å². The van der Waals surface area contributed by atoms with Gasteiger partial charge in [0.1, 0.15) is 0 Å². The van der Waals surface area contributed by atoms with E-state index in [9.17, 15) is 4.79 Å². The molecule has 0 aliphatic rings. The summed E-state index contributed by atoms with van der Waals surface area (Å²) in [5.74, 6) is -0.0590. The van der Waals surface area contributed by atoms with Crippen molar-refractivity contribution in [1.82, 2.24) is 10.3 Å². The van der Waals surface area contributed by atoms with Gasteiger partial charge in [-0.15, -0.1) is 11.3 Å². The van der Waals surface area contributed by atoms with Crippen LogP contribution in [0.3, 0.4) is 0 Å². The van der Waals surface area contributed by atoms with Crippen LogP contribution < -0.4 is 5.32 Å². The van der Waals surface area contributed by atoms with E-state index in [1.54, 1.807) is 18.0 Å². The number of rotatable bonds is 4. The molecule has 0 radical (unpaired) electrons. The van der Waals surface area contributed by atoms with Crippen molar-refractivity contribution in [3.05, 3.63) is 53.4 Å². The molecule has 1 atom stereocenters. The molecule has 0 bridgehead atoms. The average molecular weight is 286 g/mol. The van der Waals surface area contributed by atoms with Gasteiger partial charge < -0.3 is 9.73 Å². The highest BCUT2D eigenvalue weighted by Gasteiger charge is 2.11. The second-order valence-corrected chi connectivity index (χ2v) is 5.63. The van der Waals surface area contributed by atoms with E-state index in [1.165, 1.54) is 11.3 Å². The number of nitrogens with zero attached hydrogens (tertiary/aromatic N) is 1. The lowest BCUT2D eigenvalue weighted by Crippen LogP contribution is -2.33. The largest absolute Gasteiger partial charge is 0.472 e. The van der Waals surface area contributed by atoms with Gasteiger partial charge in [0, 0.05) is 11.6 Å². The summed E-state index contributed by atoms with van der Waals surface area (Å²) in [6.45, 7) is 1.98. The Morgan fingerprint density at radius 3 is 3.15 bits per heavy atom. The van der Waals surface area contributed by atoms with Crippen LogP contribution in [-0.4, -0.2) is 16.9 Å². The standard InChI is InChI=1S/C15H14N2O2S/c1-10(6-11-4-5-19-8-11)17-15(18)12-2-3-13-14(7-12)20-9-16-13/h2-5,7-10H,6H2,1H3,(H,17,18). The molecule has 0 spiro atoms. The van der Waals surface area contributed by atoms with E-state index in [-0.39, 0.29) is 11.9 Å². The number of hydrogen-bond donors (Lipinski definition) is 1. The van der Waals surface area contributed by atoms with Gasteiger partial charge in [-0.2, -0.15) is 0 Å². The summed E-state index contributed by atoms with van der Waals surface area (Å²) in [7, 11) is 0. The molecule has 1 amide bonds. The SMILES string of the molecule is CC(Cc1ccoc1)NC(=O)c1ccc2ncsc2c1. The van der Waals surface area contributed by atoms with Gasteiger partial charge in [-0.05, 0) is 43.2 Å². The zero-order valence-electron chi connectivity index (χ0n) is 11.0. The summed E-state index contributed by atoms with van der Waals surface area (Å²) in [5, 5.41) is 2.99. The van der Waals surface area contributed by atoms with Crippen molar-refractivity contribution in [1.29, 1.82) is 0 Å². The zero-order chi connectivity index (χ0) is 13.9. The summed E-state index contributed by atoms with van der Waals surface area (Å²) in [5.41, 5.74) is 4.46. The van der Waals surface area contributed by atoms with Crippen LogP contribution in [0.5, 0.6) is 0 Å². The molecule has 1 N–H and O–H groups in total. The van der Waals surface area contributed by atoms with Crippen LogP contribution in [-0.2, 0) is 6.42 Å². The zero-order valence-corrected chi connectivity index (χ0v) is 11.8. The first-order valence-corrected chi connectivity index (χ1v) is 7.25. The van der Waals surface area contributed by atoms with Gasteiger partial charge in [-0.1, -0.05) is 0 Å². The maximum Gasteiger partial charge on any atom is 0.251 e. The predicted octanol–water partition coefficient (Wildman–Crippen LogP) is 3.25. The highest BCUT2D eigenvalue weighted by atomic mass is 32.1. The average Bonchev–Trinajstić information content (AvgIpc) is 3.07. The monoisotopic (exact) mass is 286 g/mol. The fraction of sp³-hybridized carbons (Fsp3) is 0.200.